The summed E-state index contributed by atoms with van der Waals surface area (Å²) >= 11 is 8.60. The van der Waals surface area contributed by atoms with Crippen LogP contribution in [0.25, 0.3) is 0 Å². The highest BCUT2D eigenvalue weighted by molar-refractivity contribution is 9.10. The molecule has 3 rings (SSSR count). The predicted octanol–water partition coefficient (Wildman–Crippen LogP) is 3.51. The first kappa shape index (κ1) is 18.0. The summed E-state index contributed by atoms with van der Waals surface area (Å²) in [5, 5.41) is 3.06. The fourth-order valence-corrected chi connectivity index (χ4v) is 4.51. The Morgan fingerprint density at radius 1 is 1.48 bits per heavy atom. The van der Waals surface area contributed by atoms with E-state index in [9.17, 15) is 8.42 Å². The van der Waals surface area contributed by atoms with E-state index in [0.29, 0.717) is 22.3 Å². The van der Waals surface area contributed by atoms with Gasteiger partial charge in [0.05, 0.1) is 29.2 Å². The second kappa shape index (κ2) is 6.85. The highest BCUT2D eigenvalue weighted by Gasteiger charge is 2.26. The van der Waals surface area contributed by atoms with E-state index in [2.05, 4.69) is 26.0 Å². The van der Waals surface area contributed by atoms with Gasteiger partial charge in [-0.05, 0) is 58.8 Å². The second-order valence-corrected chi connectivity index (χ2v) is 8.17. The van der Waals surface area contributed by atoms with Gasteiger partial charge in [-0.2, -0.15) is 8.42 Å². The molecule has 2 aromatic rings. The average molecular weight is 447 g/mol. The van der Waals surface area contributed by atoms with Gasteiger partial charge in [0.2, 0.25) is 5.09 Å². The van der Waals surface area contributed by atoms with Crippen LogP contribution in [0.15, 0.2) is 38.4 Å². The van der Waals surface area contributed by atoms with Crippen molar-refractivity contribution in [1.29, 1.82) is 0 Å². The van der Waals surface area contributed by atoms with E-state index in [-0.39, 0.29) is 22.1 Å². The third-order valence-electron chi connectivity index (χ3n) is 3.55. The first-order valence-electron chi connectivity index (χ1n) is 7.25. The lowest BCUT2D eigenvalue weighted by molar-refractivity contribution is 0.217. The molecule has 0 saturated carbocycles. The van der Waals surface area contributed by atoms with Gasteiger partial charge >= 0.3 is 0 Å². The number of methoxy groups -OCH3 is 1. The number of ether oxygens (including phenoxy) is 2. The number of furan rings is 1. The fraction of sp³-hybridized carbons (Fsp3) is 0.267. The molecule has 0 radical (unpaired) electrons. The van der Waals surface area contributed by atoms with Crippen molar-refractivity contribution in [2.45, 2.75) is 24.5 Å². The highest BCUT2D eigenvalue weighted by atomic mass is 79.9. The molecular weight excluding hydrogens is 432 g/mol. The zero-order valence-electron chi connectivity index (χ0n) is 13.3. The topological polar surface area (TPSA) is 89.8 Å². The van der Waals surface area contributed by atoms with Crippen molar-refractivity contribution >= 4 is 54.7 Å². The normalized spacial score (nSPS) is 17.1. The van der Waals surface area contributed by atoms with E-state index in [1.807, 2.05) is 6.92 Å². The van der Waals surface area contributed by atoms with Crippen LogP contribution in [0.5, 0.6) is 5.75 Å². The molecule has 25 heavy (non-hydrogen) atoms. The number of sulfonamides is 1. The summed E-state index contributed by atoms with van der Waals surface area (Å²) in [4.78, 5) is 0. The van der Waals surface area contributed by atoms with Crippen LogP contribution in [-0.2, 0) is 21.2 Å². The van der Waals surface area contributed by atoms with E-state index in [1.165, 1.54) is 25.5 Å². The Bertz CT molecular complexity index is 912. The zero-order valence-corrected chi connectivity index (χ0v) is 16.5. The number of anilines is 2. The molecule has 1 aliphatic rings. The van der Waals surface area contributed by atoms with Crippen molar-refractivity contribution in [2.24, 2.45) is 0 Å². The molecule has 0 saturated heterocycles. The van der Waals surface area contributed by atoms with Gasteiger partial charge in [-0.3, -0.25) is 4.72 Å². The summed E-state index contributed by atoms with van der Waals surface area (Å²) < 4.78 is 43.9. The molecule has 0 amide bonds. The Hall–Kier alpha value is -1.78. The number of benzene rings is 1. The van der Waals surface area contributed by atoms with Gasteiger partial charge in [-0.1, -0.05) is 0 Å². The molecule has 1 atom stereocenters. The van der Waals surface area contributed by atoms with Crippen LogP contribution in [0, 0.1) is 0 Å². The smallest absolute Gasteiger partial charge is 0.295 e. The maximum Gasteiger partial charge on any atom is 0.295 e. The molecule has 0 spiro atoms. The molecule has 134 valence electrons. The third kappa shape index (κ3) is 3.60. The SMILES string of the molecule is COc1c(NS(=O)(=O)c2ccco2)cc2c(c1Br)NC(=S)OC(C)C2. The first-order valence-corrected chi connectivity index (χ1v) is 9.93. The Kier molecular flexibility index (Phi) is 4.94. The Labute approximate surface area is 158 Å². The van der Waals surface area contributed by atoms with Crippen molar-refractivity contribution in [3.8, 4) is 5.75 Å². The van der Waals surface area contributed by atoms with Gasteiger partial charge in [0.1, 0.15) is 6.10 Å². The van der Waals surface area contributed by atoms with Crippen molar-refractivity contribution in [3.05, 3.63) is 34.5 Å². The summed E-state index contributed by atoms with van der Waals surface area (Å²) in [5.74, 6) is 0.318. The summed E-state index contributed by atoms with van der Waals surface area (Å²) in [6.07, 6.45) is 1.68. The molecule has 0 aliphatic carbocycles. The standard InChI is InChI=1S/C15H15BrN2O5S2/c1-8-6-9-7-10(18-25(19,20)11-4-3-5-22-11)14(21-2)12(16)13(9)17-15(24)23-8/h3-5,7-8,18H,6H2,1-2H3,(H,17,24). The molecule has 7 nitrogen and oxygen atoms in total. The molecular formula is C15H15BrN2O5S2. The average Bonchev–Trinajstić information content (AvgIpc) is 3.01. The molecule has 2 heterocycles. The number of halogens is 1. The van der Waals surface area contributed by atoms with Crippen LogP contribution < -0.4 is 14.8 Å². The van der Waals surface area contributed by atoms with E-state index in [4.69, 9.17) is 26.1 Å². The lowest BCUT2D eigenvalue weighted by atomic mass is 10.1. The molecule has 0 fully saturated rings. The van der Waals surface area contributed by atoms with Gasteiger partial charge in [-0.15, -0.1) is 0 Å². The summed E-state index contributed by atoms with van der Waals surface area (Å²) in [6, 6.07) is 4.56. The summed E-state index contributed by atoms with van der Waals surface area (Å²) in [6.45, 7) is 1.88. The van der Waals surface area contributed by atoms with E-state index >= 15 is 0 Å². The van der Waals surface area contributed by atoms with Crippen LogP contribution in [-0.4, -0.2) is 26.8 Å². The van der Waals surface area contributed by atoms with Gasteiger partial charge < -0.3 is 19.2 Å². The Morgan fingerprint density at radius 3 is 2.88 bits per heavy atom. The zero-order chi connectivity index (χ0) is 18.2. The van der Waals surface area contributed by atoms with Crippen LogP contribution in [0.4, 0.5) is 11.4 Å². The number of thiocarbonyl (C=S) groups is 1. The minimum Gasteiger partial charge on any atom is -0.493 e. The predicted molar refractivity (Wildman–Crippen MR) is 101 cm³/mol. The van der Waals surface area contributed by atoms with Crippen LogP contribution >= 0.6 is 28.1 Å². The fourth-order valence-electron chi connectivity index (χ4n) is 2.53. The molecule has 2 N–H and O–H groups in total. The van der Waals surface area contributed by atoms with Crippen molar-refractivity contribution in [3.63, 3.8) is 0 Å². The van der Waals surface area contributed by atoms with E-state index in [0.717, 1.165) is 5.56 Å². The molecule has 1 aliphatic heterocycles. The Morgan fingerprint density at radius 2 is 2.24 bits per heavy atom. The number of hydrogen-bond acceptors (Lipinski definition) is 6. The van der Waals surface area contributed by atoms with Gasteiger partial charge in [0, 0.05) is 6.42 Å². The maximum absolute atomic E-state index is 12.5. The maximum atomic E-state index is 12.5. The quantitative estimate of drug-likeness (QED) is 0.694. The third-order valence-corrected chi connectivity index (χ3v) is 5.76. The number of hydrogen-bond donors (Lipinski definition) is 2. The molecule has 0 bridgehead atoms. The number of nitrogens with one attached hydrogen (secondary N) is 2. The van der Waals surface area contributed by atoms with E-state index < -0.39 is 10.0 Å². The molecule has 1 aromatic heterocycles. The van der Waals surface area contributed by atoms with Crippen LogP contribution in [0.3, 0.4) is 0 Å². The van der Waals surface area contributed by atoms with Crippen LogP contribution in [0.2, 0.25) is 0 Å². The molecule has 1 unspecified atom stereocenters. The van der Waals surface area contributed by atoms with Gasteiger partial charge in [0.25, 0.3) is 15.2 Å². The second-order valence-electron chi connectivity index (χ2n) is 5.39. The van der Waals surface area contributed by atoms with E-state index in [1.54, 1.807) is 6.07 Å². The molecule has 10 heteroatoms. The number of rotatable bonds is 4. The van der Waals surface area contributed by atoms with Crippen LogP contribution in [0.1, 0.15) is 12.5 Å². The highest BCUT2D eigenvalue weighted by Crippen LogP contribution is 2.43. The minimum atomic E-state index is -3.87. The van der Waals surface area contributed by atoms with Crippen molar-refractivity contribution in [1.82, 2.24) is 0 Å². The number of fused-ring (bicyclic) bond motifs is 1. The first-order chi connectivity index (χ1) is 11.8. The molecule has 1 aromatic carbocycles. The lowest BCUT2D eigenvalue weighted by Gasteiger charge is -2.17. The monoisotopic (exact) mass is 446 g/mol. The summed E-state index contributed by atoms with van der Waals surface area (Å²) in [5.41, 5.74) is 1.80. The largest absolute Gasteiger partial charge is 0.493 e. The summed E-state index contributed by atoms with van der Waals surface area (Å²) in [7, 11) is -2.42. The minimum absolute atomic E-state index is 0.156. The van der Waals surface area contributed by atoms with Gasteiger partial charge in [-0.25, -0.2) is 0 Å². The lowest BCUT2D eigenvalue weighted by Crippen LogP contribution is -2.17. The Balaban J connectivity index is 2.09. The van der Waals surface area contributed by atoms with Crippen molar-refractivity contribution < 1.29 is 22.3 Å². The van der Waals surface area contributed by atoms with Crippen molar-refractivity contribution in [2.75, 3.05) is 17.1 Å². The van der Waals surface area contributed by atoms with Gasteiger partial charge in [0.15, 0.2) is 5.75 Å².